The van der Waals surface area contributed by atoms with Crippen molar-refractivity contribution < 1.29 is 63.0 Å². The van der Waals surface area contributed by atoms with Crippen LogP contribution in [0.25, 0.3) is 0 Å². The van der Waals surface area contributed by atoms with Gasteiger partial charge in [-0.25, -0.2) is 0 Å². The van der Waals surface area contributed by atoms with Crippen LogP contribution in [0.1, 0.15) is 111 Å². The SMILES string of the molecule is CC[C@H](C)[C@H](NC(=O)[C@H](Cc1ccccc1)NC(=O)[C@@H](NC(=O)[C@H](CC(=O)O)NC(=O)[C@H](C)NC(=O)[C@H](CO)NC(=O)[C@H](CCCNC(=N)N)NC(=O)[C@H](CCCNC(=N)N)NC(=O)[C@H](CCCCN)NC(C)=O)[C@@H](C)CC)C(N)=O. The van der Waals surface area contributed by atoms with Crippen LogP contribution in [0.5, 0.6) is 0 Å². The van der Waals surface area contributed by atoms with Gasteiger partial charge in [0.1, 0.15) is 54.4 Å². The Bertz CT molecular complexity index is 2290. The molecule has 0 saturated carbocycles. The molecule has 1 aromatic rings. The summed E-state index contributed by atoms with van der Waals surface area (Å²) in [7, 11) is 0. The molecule has 10 amide bonds. The average Bonchev–Trinajstić information content (AvgIpc) is 3.41. The zero-order valence-electron chi connectivity index (χ0n) is 47.0. The monoisotopic (exact) mass is 1150 g/mol. The smallest absolute Gasteiger partial charge is 0.305 e. The van der Waals surface area contributed by atoms with Crippen LogP contribution < -0.4 is 81.4 Å². The number of hydrogen-bond acceptors (Lipinski definition) is 15. The molecule has 0 fully saturated rings. The number of carboxylic acids is 1. The number of aliphatic hydroxyl groups is 1. The number of carbonyl (C=O) groups is 11. The molecule has 0 aliphatic rings. The molecule has 1 aromatic carbocycles. The molecular formula is C51H87N17O13. The number of guanidine groups is 2. The number of carbonyl (C=O) groups excluding carboxylic acids is 10. The highest BCUT2D eigenvalue weighted by atomic mass is 16.4. The van der Waals surface area contributed by atoms with Crippen molar-refractivity contribution in [1.82, 2.24) is 58.5 Å². The number of carboxylic acid groups (broad SMARTS) is 1. The normalized spacial score (nSPS) is 15.0. The number of benzene rings is 1. The van der Waals surface area contributed by atoms with Gasteiger partial charge in [0.25, 0.3) is 0 Å². The van der Waals surface area contributed by atoms with E-state index in [9.17, 15) is 63.0 Å². The molecule has 0 aromatic heterocycles. The van der Waals surface area contributed by atoms with Crippen molar-refractivity contribution in [3.63, 3.8) is 0 Å². The van der Waals surface area contributed by atoms with E-state index in [1.807, 2.05) is 0 Å². The number of aliphatic carboxylic acids is 1. The van der Waals surface area contributed by atoms with Gasteiger partial charge in [-0.15, -0.1) is 0 Å². The Balaban J connectivity index is 3.40. The Kier molecular flexibility index (Phi) is 33.0. The molecule has 1 rings (SSSR count). The third-order valence-corrected chi connectivity index (χ3v) is 13.0. The summed E-state index contributed by atoms with van der Waals surface area (Å²) >= 11 is 0. The molecule has 0 unspecified atom stereocenters. The van der Waals surface area contributed by atoms with E-state index in [1.54, 1.807) is 58.0 Å². The van der Waals surface area contributed by atoms with Crippen molar-refractivity contribution in [2.24, 2.45) is 34.8 Å². The minimum absolute atomic E-state index is 0.0442. The Morgan fingerprint density at radius 3 is 1.40 bits per heavy atom. The molecule has 30 heteroatoms. The third kappa shape index (κ3) is 27.5. The van der Waals surface area contributed by atoms with Gasteiger partial charge in [-0.1, -0.05) is 70.9 Å². The zero-order valence-corrected chi connectivity index (χ0v) is 47.0. The minimum Gasteiger partial charge on any atom is -0.481 e. The van der Waals surface area contributed by atoms with E-state index >= 15 is 0 Å². The lowest BCUT2D eigenvalue weighted by molar-refractivity contribution is -0.141. The molecule has 0 aliphatic carbocycles. The Morgan fingerprint density at radius 2 is 0.938 bits per heavy atom. The number of rotatable bonds is 39. The Morgan fingerprint density at radius 1 is 0.519 bits per heavy atom. The summed E-state index contributed by atoms with van der Waals surface area (Å²) in [6.45, 7) is 8.62. The van der Waals surface area contributed by atoms with Crippen LogP contribution in [0, 0.1) is 22.7 Å². The van der Waals surface area contributed by atoms with Gasteiger partial charge in [-0.05, 0) is 75.8 Å². The molecule has 0 radical (unpaired) electrons. The number of amides is 10. The lowest BCUT2D eigenvalue weighted by Gasteiger charge is -2.29. The summed E-state index contributed by atoms with van der Waals surface area (Å²) in [4.78, 5) is 147. The van der Waals surface area contributed by atoms with Gasteiger partial charge >= 0.3 is 5.97 Å². The first kappa shape index (κ1) is 70.9. The molecule has 0 spiro atoms. The van der Waals surface area contributed by atoms with E-state index in [-0.39, 0.29) is 69.9 Å². The number of primary amides is 1. The molecule has 81 heavy (non-hydrogen) atoms. The second-order valence-electron chi connectivity index (χ2n) is 19.7. The minimum atomic E-state index is -1.86. The maximum atomic E-state index is 14.1. The van der Waals surface area contributed by atoms with Crippen molar-refractivity contribution in [3.05, 3.63) is 35.9 Å². The van der Waals surface area contributed by atoms with E-state index < -0.39 is 144 Å². The third-order valence-electron chi connectivity index (χ3n) is 13.0. The maximum Gasteiger partial charge on any atom is 0.305 e. The van der Waals surface area contributed by atoms with Crippen LogP contribution in [0.4, 0.5) is 0 Å². The molecule has 0 heterocycles. The molecular weight excluding hydrogens is 1060 g/mol. The molecule has 0 bridgehead atoms. The Labute approximate surface area is 471 Å². The topological polar surface area (TPSA) is 512 Å². The van der Waals surface area contributed by atoms with Crippen molar-refractivity contribution in [2.75, 3.05) is 26.2 Å². The second kappa shape index (κ2) is 37.7. The van der Waals surface area contributed by atoms with Crippen molar-refractivity contribution in [3.8, 4) is 0 Å². The molecule has 30 nitrogen and oxygen atoms in total. The second-order valence-corrected chi connectivity index (χ2v) is 19.7. The summed E-state index contributed by atoms with van der Waals surface area (Å²) in [5.41, 5.74) is 22.6. The van der Waals surface area contributed by atoms with E-state index in [2.05, 4.69) is 58.5 Å². The first-order valence-electron chi connectivity index (χ1n) is 26.9. The van der Waals surface area contributed by atoms with Crippen molar-refractivity contribution >= 4 is 77.0 Å². The molecule has 0 saturated heterocycles. The lowest BCUT2D eigenvalue weighted by atomic mass is 9.95. The number of aliphatic hydroxyl groups excluding tert-OH is 1. The number of unbranched alkanes of at least 4 members (excludes halogenated alkanes) is 1. The van der Waals surface area contributed by atoms with Gasteiger partial charge < -0.3 is 91.6 Å². The number of hydrogen-bond donors (Lipinski definition) is 19. The quantitative estimate of drug-likeness (QED) is 0.0167. The van der Waals surface area contributed by atoms with Crippen molar-refractivity contribution in [1.29, 1.82) is 10.8 Å². The van der Waals surface area contributed by atoms with Gasteiger partial charge in [0.05, 0.1) is 13.0 Å². The van der Waals surface area contributed by atoms with Gasteiger partial charge in [0, 0.05) is 26.4 Å². The summed E-state index contributed by atoms with van der Waals surface area (Å²) in [5, 5.41) is 62.5. The van der Waals surface area contributed by atoms with Crippen LogP contribution in [0.2, 0.25) is 0 Å². The summed E-state index contributed by atoms with van der Waals surface area (Å²) in [5.74, 6) is -12.2. The van der Waals surface area contributed by atoms with E-state index in [1.165, 1.54) is 6.92 Å². The first-order chi connectivity index (χ1) is 38.2. The Hall–Kier alpha value is -8.15. The standard InChI is InChI=1S/C51H87N17O13/c1-7-27(3)39(41(53)73)67-46(78)35(24-31-16-10-9-11-17-31)65-49(81)40(28(4)8-2)68-47(79)36(25-38(71)72)64-42(74)29(5)60-48(80)37(26-69)66-45(77)34(20-15-23-59-51(56)57)63-44(76)33(19-14-22-58-50(54)55)62-43(75)32(61-30(6)70)18-12-13-21-52/h9-11,16-17,27-29,32-37,39-40,69H,7-8,12-15,18-26,52H2,1-6H3,(H2,53,73)(H,60,80)(H,61,70)(H,62,75)(H,63,76)(H,64,74)(H,65,81)(H,66,77)(H,67,78)(H,68,79)(H,71,72)(H4,54,55,58)(H4,56,57,59)/t27-,28-,29-,32-,33-,34-,35-,36-,37-,39-,40-/m0/s1. The van der Waals surface area contributed by atoms with Crippen LogP contribution >= 0.6 is 0 Å². The van der Waals surface area contributed by atoms with E-state index in [0.717, 1.165) is 6.92 Å². The predicted octanol–water partition coefficient (Wildman–Crippen LogP) is -4.67. The lowest BCUT2D eigenvalue weighted by Crippen LogP contribution is -2.61. The van der Waals surface area contributed by atoms with Crippen molar-refractivity contribution in [2.45, 2.75) is 167 Å². The molecule has 454 valence electrons. The number of nitrogens with two attached hydrogens (primary N) is 4. The summed E-state index contributed by atoms with van der Waals surface area (Å²) < 4.78 is 0. The fourth-order valence-corrected chi connectivity index (χ4v) is 7.93. The molecule has 11 atom stereocenters. The average molecular weight is 1150 g/mol. The number of nitrogens with one attached hydrogen (secondary N) is 13. The fourth-order valence-electron chi connectivity index (χ4n) is 7.93. The van der Waals surface area contributed by atoms with Crippen LogP contribution in [-0.4, -0.2) is 168 Å². The van der Waals surface area contributed by atoms with Gasteiger partial charge in [-0.2, -0.15) is 0 Å². The van der Waals surface area contributed by atoms with Crippen LogP contribution in [0.3, 0.4) is 0 Å². The van der Waals surface area contributed by atoms with Crippen LogP contribution in [0.15, 0.2) is 30.3 Å². The zero-order chi connectivity index (χ0) is 61.4. The highest BCUT2D eigenvalue weighted by Gasteiger charge is 2.37. The maximum absolute atomic E-state index is 14.1. The van der Waals surface area contributed by atoms with Crippen LogP contribution in [-0.2, 0) is 59.2 Å². The van der Waals surface area contributed by atoms with Gasteiger partial charge in [-0.3, -0.25) is 63.6 Å². The van der Waals surface area contributed by atoms with E-state index in [4.69, 9.17) is 33.8 Å². The highest BCUT2D eigenvalue weighted by Crippen LogP contribution is 2.14. The highest BCUT2D eigenvalue weighted by molar-refractivity contribution is 5.99. The fraction of sp³-hybridized carbons (Fsp3) is 0.627. The largest absolute Gasteiger partial charge is 0.481 e. The summed E-state index contributed by atoms with van der Waals surface area (Å²) in [6.07, 6.45) is 0.931. The molecule has 23 N–H and O–H groups in total. The molecule has 0 aliphatic heterocycles. The predicted molar refractivity (Wildman–Crippen MR) is 298 cm³/mol. The van der Waals surface area contributed by atoms with Gasteiger partial charge in [0.15, 0.2) is 11.9 Å². The van der Waals surface area contributed by atoms with E-state index in [0.29, 0.717) is 31.4 Å². The summed E-state index contributed by atoms with van der Waals surface area (Å²) in [6, 6.07) is -4.27. The first-order valence-corrected chi connectivity index (χ1v) is 26.9. The van der Waals surface area contributed by atoms with Gasteiger partial charge in [0.2, 0.25) is 59.1 Å².